The third kappa shape index (κ3) is 2.41. The van der Waals surface area contributed by atoms with Gasteiger partial charge in [-0.15, -0.1) is 0 Å². The summed E-state index contributed by atoms with van der Waals surface area (Å²) in [4.78, 5) is 21.6. The summed E-state index contributed by atoms with van der Waals surface area (Å²) in [7, 11) is 0. The van der Waals surface area contributed by atoms with Crippen LogP contribution in [0.5, 0.6) is 0 Å². The highest BCUT2D eigenvalue weighted by Gasteiger charge is 2.35. The molecule has 3 aliphatic carbocycles. The molecule has 1 unspecified atom stereocenters. The van der Waals surface area contributed by atoms with E-state index in [9.17, 15) is 14.9 Å². The van der Waals surface area contributed by atoms with Gasteiger partial charge in [-0.2, -0.15) is 0 Å². The van der Waals surface area contributed by atoms with E-state index in [-0.39, 0.29) is 5.69 Å². The smallest absolute Gasteiger partial charge is 0.332 e. The molecule has 5 heteroatoms. The van der Waals surface area contributed by atoms with Gasteiger partial charge in [0.05, 0.1) is 11.1 Å². The van der Waals surface area contributed by atoms with Gasteiger partial charge in [-0.25, -0.2) is 0 Å². The molecule has 3 aliphatic rings. The summed E-state index contributed by atoms with van der Waals surface area (Å²) in [5, 5.41) is 10.8. The Morgan fingerprint density at radius 2 is 2.05 bits per heavy atom. The van der Waals surface area contributed by atoms with E-state index in [1.807, 2.05) is 4.57 Å². The van der Waals surface area contributed by atoms with E-state index in [0.717, 1.165) is 18.4 Å². The Kier molecular flexibility index (Phi) is 3.12. The van der Waals surface area contributed by atoms with Crippen molar-refractivity contribution in [1.82, 2.24) is 4.57 Å². The lowest BCUT2D eigenvalue weighted by atomic mass is 9.65. The van der Waals surface area contributed by atoms with Crippen LogP contribution in [0.2, 0.25) is 0 Å². The highest BCUT2D eigenvalue weighted by molar-refractivity contribution is 5.25. The van der Waals surface area contributed by atoms with E-state index in [1.54, 1.807) is 6.20 Å². The normalized spacial score (nSPS) is 29.4. The number of nitro groups is 1. The van der Waals surface area contributed by atoms with Gasteiger partial charge in [0.2, 0.25) is 0 Å². The highest BCUT2D eigenvalue weighted by atomic mass is 16.6. The van der Waals surface area contributed by atoms with Crippen LogP contribution in [0, 0.1) is 27.9 Å². The van der Waals surface area contributed by atoms with E-state index in [2.05, 4.69) is 0 Å². The average Bonchev–Trinajstić information content (AvgIpc) is 2.42. The molecule has 3 saturated carbocycles. The van der Waals surface area contributed by atoms with Crippen LogP contribution in [0.15, 0.2) is 23.3 Å². The SMILES string of the molecule is O=c1ccn(CC2CC3CCC2CC3)cc1[N+](=O)[O-]. The van der Waals surface area contributed by atoms with Gasteiger partial charge in [0.25, 0.3) is 5.43 Å². The number of pyridine rings is 1. The zero-order chi connectivity index (χ0) is 13.4. The molecule has 0 aromatic carbocycles. The predicted molar refractivity (Wildman–Crippen MR) is 70.9 cm³/mol. The van der Waals surface area contributed by atoms with Gasteiger partial charge >= 0.3 is 5.69 Å². The Bertz CT molecular complexity index is 544. The zero-order valence-corrected chi connectivity index (χ0v) is 10.8. The van der Waals surface area contributed by atoms with Crippen LogP contribution in [0.4, 0.5) is 5.69 Å². The van der Waals surface area contributed by atoms with E-state index < -0.39 is 10.4 Å². The standard InChI is InChI=1S/C14H18N2O3/c17-14-5-6-15(9-13(14)16(18)19)8-12-7-10-1-3-11(12)4-2-10/h5-6,9-12H,1-4,7-8H2. The summed E-state index contributed by atoms with van der Waals surface area (Å²) in [6.45, 7) is 0.808. The Labute approximate surface area is 111 Å². The molecule has 2 bridgehead atoms. The van der Waals surface area contributed by atoms with Gasteiger partial charge in [0.1, 0.15) is 0 Å². The molecular weight excluding hydrogens is 244 g/mol. The largest absolute Gasteiger partial charge is 0.348 e. The lowest BCUT2D eigenvalue weighted by Gasteiger charge is -2.42. The quantitative estimate of drug-likeness (QED) is 0.621. The molecule has 19 heavy (non-hydrogen) atoms. The first-order valence-corrected chi connectivity index (χ1v) is 6.98. The molecule has 5 nitrogen and oxygen atoms in total. The van der Waals surface area contributed by atoms with E-state index in [0.29, 0.717) is 5.92 Å². The lowest BCUT2D eigenvalue weighted by Crippen LogP contribution is -2.33. The van der Waals surface area contributed by atoms with Crippen LogP contribution in [-0.4, -0.2) is 9.49 Å². The summed E-state index contributed by atoms with van der Waals surface area (Å²) >= 11 is 0. The van der Waals surface area contributed by atoms with Gasteiger partial charge in [-0.1, -0.05) is 12.8 Å². The summed E-state index contributed by atoms with van der Waals surface area (Å²) in [5.74, 6) is 2.24. The molecule has 0 radical (unpaired) electrons. The number of hydrogen-bond acceptors (Lipinski definition) is 3. The van der Waals surface area contributed by atoms with Crippen LogP contribution in [-0.2, 0) is 6.54 Å². The second-order valence-electron chi connectivity index (χ2n) is 5.92. The second kappa shape index (κ2) is 4.79. The topological polar surface area (TPSA) is 65.1 Å². The van der Waals surface area contributed by atoms with Crippen LogP contribution >= 0.6 is 0 Å². The first-order chi connectivity index (χ1) is 9.13. The summed E-state index contributed by atoms with van der Waals surface area (Å²) in [6, 6.07) is 1.30. The minimum Gasteiger partial charge on any atom is -0.348 e. The molecule has 0 spiro atoms. The molecule has 102 valence electrons. The zero-order valence-electron chi connectivity index (χ0n) is 10.8. The molecule has 1 aromatic rings. The lowest BCUT2D eigenvalue weighted by molar-refractivity contribution is -0.386. The van der Waals surface area contributed by atoms with Crippen molar-refractivity contribution in [3.8, 4) is 0 Å². The summed E-state index contributed by atoms with van der Waals surface area (Å²) in [5.41, 5.74) is -0.824. The van der Waals surface area contributed by atoms with Crippen molar-refractivity contribution in [3.05, 3.63) is 38.8 Å². The maximum atomic E-state index is 11.4. The predicted octanol–water partition coefficient (Wildman–Crippen LogP) is 2.58. The Balaban J connectivity index is 1.78. The maximum absolute atomic E-state index is 11.4. The van der Waals surface area contributed by atoms with Gasteiger partial charge in [-0.3, -0.25) is 14.9 Å². The van der Waals surface area contributed by atoms with Crippen molar-refractivity contribution >= 4 is 5.69 Å². The van der Waals surface area contributed by atoms with Crippen LogP contribution in [0.3, 0.4) is 0 Å². The molecule has 0 amide bonds. The van der Waals surface area contributed by atoms with E-state index in [1.165, 1.54) is 44.4 Å². The first-order valence-electron chi connectivity index (χ1n) is 6.98. The fourth-order valence-corrected chi connectivity index (χ4v) is 3.77. The molecule has 0 aliphatic heterocycles. The summed E-state index contributed by atoms with van der Waals surface area (Å²) < 4.78 is 1.82. The molecular formula is C14H18N2O3. The molecule has 1 aromatic heterocycles. The fourth-order valence-electron chi connectivity index (χ4n) is 3.77. The highest BCUT2D eigenvalue weighted by Crippen LogP contribution is 2.45. The van der Waals surface area contributed by atoms with E-state index in [4.69, 9.17) is 0 Å². The Hall–Kier alpha value is -1.65. The average molecular weight is 262 g/mol. The van der Waals surface area contributed by atoms with E-state index >= 15 is 0 Å². The molecule has 4 rings (SSSR count). The van der Waals surface area contributed by atoms with Crippen molar-refractivity contribution in [2.24, 2.45) is 17.8 Å². The number of hydrogen-bond donors (Lipinski definition) is 0. The van der Waals surface area contributed by atoms with Crippen LogP contribution in [0.25, 0.3) is 0 Å². The maximum Gasteiger partial charge on any atom is 0.332 e. The molecule has 0 saturated heterocycles. The van der Waals surface area contributed by atoms with Crippen LogP contribution in [0.1, 0.15) is 32.1 Å². The second-order valence-corrected chi connectivity index (χ2v) is 5.92. The van der Waals surface area contributed by atoms with Crippen molar-refractivity contribution < 1.29 is 4.92 Å². The Morgan fingerprint density at radius 1 is 1.32 bits per heavy atom. The third-order valence-electron chi connectivity index (χ3n) is 4.79. The molecule has 0 N–H and O–H groups in total. The number of rotatable bonds is 3. The fraction of sp³-hybridized carbons (Fsp3) is 0.643. The van der Waals surface area contributed by atoms with Gasteiger partial charge in [-0.05, 0) is 37.0 Å². The van der Waals surface area contributed by atoms with Gasteiger partial charge in [0, 0.05) is 18.8 Å². The number of nitrogens with zero attached hydrogens (tertiary/aromatic N) is 2. The molecule has 3 fully saturated rings. The number of fused-ring (bicyclic) bond motifs is 3. The number of aromatic nitrogens is 1. The summed E-state index contributed by atoms with van der Waals surface area (Å²) in [6.07, 6.45) is 9.62. The minimum absolute atomic E-state index is 0.316. The monoisotopic (exact) mass is 262 g/mol. The molecule has 1 heterocycles. The minimum atomic E-state index is -0.591. The third-order valence-corrected chi connectivity index (χ3v) is 4.79. The molecule has 1 atom stereocenters. The van der Waals surface area contributed by atoms with Crippen molar-refractivity contribution in [2.75, 3.05) is 0 Å². The van der Waals surface area contributed by atoms with Crippen molar-refractivity contribution in [2.45, 2.75) is 38.6 Å². The van der Waals surface area contributed by atoms with Crippen LogP contribution < -0.4 is 5.43 Å². The van der Waals surface area contributed by atoms with Crippen molar-refractivity contribution in [3.63, 3.8) is 0 Å². The van der Waals surface area contributed by atoms with Crippen molar-refractivity contribution in [1.29, 1.82) is 0 Å². The first kappa shape index (κ1) is 12.4. The Morgan fingerprint density at radius 3 is 2.63 bits per heavy atom. The van der Waals surface area contributed by atoms with Gasteiger partial charge in [0.15, 0.2) is 0 Å². The van der Waals surface area contributed by atoms with Gasteiger partial charge < -0.3 is 4.57 Å².